The predicted molar refractivity (Wildman–Crippen MR) is 102 cm³/mol. The number of rotatable bonds is 4. The van der Waals surface area contributed by atoms with Crippen molar-refractivity contribution < 1.29 is 23.7 Å². The maximum atomic E-state index is 12.1. The number of unbranched alkanes of at least 4 members (excludes halogenated alkanes) is 1. The van der Waals surface area contributed by atoms with Gasteiger partial charge < -0.3 is 18.9 Å². The lowest BCUT2D eigenvalue weighted by atomic mass is 9.84. The van der Waals surface area contributed by atoms with Gasteiger partial charge in [0.15, 0.2) is 11.5 Å². The molecule has 0 radical (unpaired) electrons. The first kappa shape index (κ1) is 18.3. The summed E-state index contributed by atoms with van der Waals surface area (Å²) in [5.74, 6) is 2.67. The Morgan fingerprint density at radius 2 is 2.14 bits per heavy atom. The molecule has 3 bridgehead atoms. The van der Waals surface area contributed by atoms with E-state index in [1.54, 1.807) is 14.0 Å². The molecule has 6 nitrogen and oxygen atoms in total. The van der Waals surface area contributed by atoms with Crippen molar-refractivity contribution in [3.05, 3.63) is 34.7 Å². The van der Waals surface area contributed by atoms with Gasteiger partial charge in [-0.3, -0.25) is 4.90 Å². The molecular formula is C22H29NO5. The molecule has 5 aliphatic rings. The SMILES string of the molecule is CCCC[C@@H]1[C@@H]2C[C@H]3[C@@H]4C(=C[C@H](CN13)O2)O/C(=C1\OC(=O)C(C)=C1OC)[C@H]4C. The van der Waals surface area contributed by atoms with Crippen molar-refractivity contribution in [3.63, 3.8) is 0 Å². The van der Waals surface area contributed by atoms with E-state index in [1.807, 2.05) is 0 Å². The molecule has 0 spiro atoms. The molecule has 0 aromatic carbocycles. The summed E-state index contributed by atoms with van der Waals surface area (Å²) in [5.41, 5.74) is 0.495. The van der Waals surface area contributed by atoms with Gasteiger partial charge in [-0.05, 0) is 25.8 Å². The van der Waals surface area contributed by atoms with Crippen LogP contribution >= 0.6 is 0 Å². The molecule has 5 aliphatic heterocycles. The molecule has 0 aromatic heterocycles. The topological polar surface area (TPSA) is 57.2 Å². The monoisotopic (exact) mass is 387 g/mol. The van der Waals surface area contributed by atoms with Crippen LogP contribution < -0.4 is 0 Å². The quantitative estimate of drug-likeness (QED) is 0.690. The molecule has 1 unspecified atom stereocenters. The summed E-state index contributed by atoms with van der Waals surface area (Å²) in [7, 11) is 1.57. The highest BCUT2D eigenvalue weighted by Gasteiger charge is 2.56. The number of carbonyl (C=O) groups excluding carboxylic acids is 1. The Morgan fingerprint density at radius 1 is 1.32 bits per heavy atom. The van der Waals surface area contributed by atoms with E-state index >= 15 is 0 Å². The number of methoxy groups -OCH3 is 1. The van der Waals surface area contributed by atoms with Crippen molar-refractivity contribution in [2.24, 2.45) is 11.8 Å². The van der Waals surface area contributed by atoms with Crippen molar-refractivity contribution in [1.82, 2.24) is 4.90 Å². The number of ether oxygens (including phenoxy) is 4. The molecule has 5 heterocycles. The summed E-state index contributed by atoms with van der Waals surface area (Å²) in [6, 6.07) is 0.922. The summed E-state index contributed by atoms with van der Waals surface area (Å²) in [5, 5.41) is 0. The van der Waals surface area contributed by atoms with E-state index in [0.717, 1.165) is 18.7 Å². The Kier molecular flexibility index (Phi) is 4.32. The third kappa shape index (κ3) is 2.50. The summed E-state index contributed by atoms with van der Waals surface area (Å²) >= 11 is 0. The lowest BCUT2D eigenvalue weighted by Gasteiger charge is -2.38. The van der Waals surface area contributed by atoms with Gasteiger partial charge in [0.25, 0.3) is 0 Å². The molecule has 3 fully saturated rings. The zero-order valence-corrected chi connectivity index (χ0v) is 17.1. The van der Waals surface area contributed by atoms with Crippen molar-refractivity contribution in [3.8, 4) is 0 Å². The second kappa shape index (κ2) is 6.63. The lowest BCUT2D eigenvalue weighted by molar-refractivity contribution is -0.133. The minimum atomic E-state index is -0.357. The average Bonchev–Trinajstić information content (AvgIpc) is 3.16. The number of hydrogen-bond donors (Lipinski definition) is 0. The number of allylic oxidation sites excluding steroid dienone is 1. The highest BCUT2D eigenvalue weighted by molar-refractivity contribution is 5.93. The number of morpholine rings is 1. The van der Waals surface area contributed by atoms with Gasteiger partial charge in [0.05, 0.1) is 24.9 Å². The first-order valence-electron chi connectivity index (χ1n) is 10.6. The molecule has 3 saturated heterocycles. The van der Waals surface area contributed by atoms with Crippen LogP contribution in [0.5, 0.6) is 0 Å². The Hall–Kier alpha value is -1.79. The Labute approximate surface area is 166 Å². The summed E-state index contributed by atoms with van der Waals surface area (Å²) in [4.78, 5) is 14.8. The Bertz CT molecular complexity index is 797. The van der Waals surface area contributed by atoms with Crippen LogP contribution in [-0.4, -0.2) is 48.8 Å². The fraction of sp³-hybridized carbons (Fsp3) is 0.682. The van der Waals surface area contributed by atoms with Crippen LogP contribution in [0.1, 0.15) is 46.5 Å². The largest absolute Gasteiger partial charge is 0.492 e. The van der Waals surface area contributed by atoms with E-state index in [2.05, 4.69) is 24.8 Å². The van der Waals surface area contributed by atoms with Crippen LogP contribution in [0, 0.1) is 11.8 Å². The van der Waals surface area contributed by atoms with Crippen LogP contribution in [0.4, 0.5) is 0 Å². The molecule has 152 valence electrons. The highest BCUT2D eigenvalue weighted by Crippen LogP contribution is 2.52. The minimum Gasteiger partial charge on any atom is -0.492 e. The number of esters is 1. The first-order valence-corrected chi connectivity index (χ1v) is 10.6. The number of carbonyl (C=O) groups is 1. The lowest BCUT2D eigenvalue weighted by Crippen LogP contribution is -2.49. The standard InChI is InChI=1S/C22H29NO5/c1-5-6-7-14-16-9-15-18-11(2)20(21-19(25-4)12(3)22(24)28-21)27-17(18)8-13(26-16)10-23(14)15/h8,11,13-16,18H,5-7,9-10H2,1-4H3/b21-20-/t11-,13+,14+,15-,16-,18+/m0/s1. The maximum absolute atomic E-state index is 12.1. The van der Waals surface area contributed by atoms with E-state index in [9.17, 15) is 4.79 Å². The fourth-order valence-corrected chi connectivity index (χ4v) is 5.78. The van der Waals surface area contributed by atoms with E-state index in [-0.39, 0.29) is 23.9 Å². The number of cyclic esters (lactones) is 1. The molecule has 0 aliphatic carbocycles. The van der Waals surface area contributed by atoms with E-state index in [1.165, 1.54) is 19.3 Å². The molecule has 6 heteroatoms. The number of fused-ring (bicyclic) bond motifs is 4. The summed E-state index contributed by atoms with van der Waals surface area (Å²) < 4.78 is 23.7. The van der Waals surface area contributed by atoms with Crippen LogP contribution in [0.2, 0.25) is 0 Å². The van der Waals surface area contributed by atoms with Crippen LogP contribution in [0.25, 0.3) is 0 Å². The molecule has 0 aromatic rings. The second-order valence-electron chi connectivity index (χ2n) is 8.65. The Balaban J connectivity index is 1.50. The van der Waals surface area contributed by atoms with Crippen molar-refractivity contribution in [2.45, 2.75) is 70.7 Å². The summed E-state index contributed by atoms with van der Waals surface area (Å²) in [6.45, 7) is 7.11. The molecular weight excluding hydrogens is 358 g/mol. The minimum absolute atomic E-state index is 0.0785. The number of nitrogens with zero attached hydrogens (tertiary/aromatic N) is 1. The van der Waals surface area contributed by atoms with Gasteiger partial charge in [0.1, 0.15) is 5.76 Å². The average molecular weight is 387 g/mol. The molecule has 0 amide bonds. The molecule has 28 heavy (non-hydrogen) atoms. The normalized spacial score (nSPS) is 43.6. The van der Waals surface area contributed by atoms with Crippen LogP contribution in [0.3, 0.4) is 0 Å². The zero-order valence-electron chi connectivity index (χ0n) is 17.1. The summed E-state index contributed by atoms with van der Waals surface area (Å²) in [6.07, 6.45) is 7.25. The van der Waals surface area contributed by atoms with Gasteiger partial charge in [0, 0.05) is 30.5 Å². The van der Waals surface area contributed by atoms with Crippen LogP contribution in [0.15, 0.2) is 34.7 Å². The highest BCUT2D eigenvalue weighted by atomic mass is 16.6. The third-order valence-electron chi connectivity index (χ3n) is 7.10. The van der Waals surface area contributed by atoms with E-state index in [0.29, 0.717) is 41.0 Å². The predicted octanol–water partition coefficient (Wildman–Crippen LogP) is 3.26. The third-order valence-corrected chi connectivity index (χ3v) is 7.10. The van der Waals surface area contributed by atoms with Gasteiger partial charge in [0.2, 0.25) is 5.76 Å². The van der Waals surface area contributed by atoms with Crippen LogP contribution in [-0.2, 0) is 23.7 Å². The second-order valence-corrected chi connectivity index (χ2v) is 8.65. The zero-order chi connectivity index (χ0) is 19.6. The Morgan fingerprint density at radius 3 is 2.89 bits per heavy atom. The number of hydrogen-bond acceptors (Lipinski definition) is 6. The van der Waals surface area contributed by atoms with E-state index in [4.69, 9.17) is 18.9 Å². The van der Waals surface area contributed by atoms with Gasteiger partial charge in [-0.15, -0.1) is 0 Å². The fourth-order valence-electron chi connectivity index (χ4n) is 5.78. The van der Waals surface area contributed by atoms with Gasteiger partial charge in [-0.1, -0.05) is 26.7 Å². The molecule has 0 saturated carbocycles. The smallest absolute Gasteiger partial charge is 0.343 e. The van der Waals surface area contributed by atoms with Crippen molar-refractivity contribution in [1.29, 1.82) is 0 Å². The van der Waals surface area contributed by atoms with Gasteiger partial charge in [-0.2, -0.15) is 0 Å². The van der Waals surface area contributed by atoms with E-state index < -0.39 is 0 Å². The van der Waals surface area contributed by atoms with Gasteiger partial charge >= 0.3 is 5.97 Å². The molecule has 0 N–H and O–H groups in total. The molecule has 7 atom stereocenters. The van der Waals surface area contributed by atoms with Gasteiger partial charge in [-0.25, -0.2) is 4.79 Å². The maximum Gasteiger partial charge on any atom is 0.343 e. The van der Waals surface area contributed by atoms with Crippen molar-refractivity contribution in [2.75, 3.05) is 13.7 Å². The molecule has 5 rings (SSSR count). The van der Waals surface area contributed by atoms with Crippen molar-refractivity contribution >= 4 is 5.97 Å². The first-order chi connectivity index (χ1) is 13.5.